The molecule has 11 heteroatoms. The van der Waals surface area contributed by atoms with E-state index in [0.717, 1.165) is 0 Å². The molecule has 4 rings (SSSR count). The van der Waals surface area contributed by atoms with E-state index in [4.69, 9.17) is 9.47 Å². The van der Waals surface area contributed by atoms with Crippen LogP contribution in [0.25, 0.3) is 0 Å². The Bertz CT molecular complexity index is 996. The summed E-state index contributed by atoms with van der Waals surface area (Å²) in [5.74, 6) is 1.07. The van der Waals surface area contributed by atoms with Crippen molar-refractivity contribution in [2.75, 3.05) is 25.5 Å². The maximum atomic E-state index is 13.2. The second kappa shape index (κ2) is 7.62. The summed E-state index contributed by atoms with van der Waals surface area (Å²) in [6.07, 6.45) is -4.78. The third kappa shape index (κ3) is 4.26. The van der Waals surface area contributed by atoms with Gasteiger partial charge in [-0.1, -0.05) is 12.1 Å². The Morgan fingerprint density at radius 1 is 1.03 bits per heavy atom. The number of nitrogens with zero attached hydrogens (tertiary/aromatic N) is 1. The second-order valence-electron chi connectivity index (χ2n) is 6.26. The Balaban J connectivity index is 1.59. The lowest BCUT2D eigenvalue weighted by Gasteiger charge is -2.25. The fourth-order valence-electron chi connectivity index (χ4n) is 3.12. The number of rotatable bonds is 4. The molecule has 2 aromatic carbocycles. The molecule has 1 fully saturated rings. The highest BCUT2D eigenvalue weighted by Gasteiger charge is 2.38. The Morgan fingerprint density at radius 3 is 2.41 bits per heavy atom. The third-order valence-corrected chi connectivity index (χ3v) is 7.62. The number of sulfonamides is 1. The number of benzene rings is 2. The molecule has 0 aromatic heterocycles. The van der Waals surface area contributed by atoms with Gasteiger partial charge in [-0.15, -0.1) is 24.9 Å². The van der Waals surface area contributed by atoms with Crippen LogP contribution in [0.5, 0.6) is 17.2 Å². The number of thioether (sulfide) groups is 1. The standard InChI is InChI=1S/C18H16F3NO5S2/c19-18(20,21)27-13-3-1-12(2-4-13)17-22(7-10-28-17)29(23,24)14-5-6-15-16(11-14)26-9-8-25-15/h1-6,11,17H,7-10H2. The molecule has 0 saturated carbocycles. The van der Waals surface area contributed by atoms with E-state index in [-0.39, 0.29) is 17.2 Å². The van der Waals surface area contributed by atoms with Gasteiger partial charge in [-0.2, -0.15) is 4.31 Å². The van der Waals surface area contributed by atoms with Gasteiger partial charge in [0.2, 0.25) is 10.0 Å². The lowest BCUT2D eigenvalue weighted by Crippen LogP contribution is -2.30. The zero-order chi connectivity index (χ0) is 20.6. The van der Waals surface area contributed by atoms with Gasteiger partial charge in [0.15, 0.2) is 11.5 Å². The minimum Gasteiger partial charge on any atom is -0.486 e. The van der Waals surface area contributed by atoms with Crippen LogP contribution in [0.15, 0.2) is 47.4 Å². The highest BCUT2D eigenvalue weighted by Crippen LogP contribution is 2.43. The van der Waals surface area contributed by atoms with Crippen molar-refractivity contribution in [2.24, 2.45) is 0 Å². The van der Waals surface area contributed by atoms with Crippen LogP contribution in [0, 0.1) is 0 Å². The quantitative estimate of drug-likeness (QED) is 0.711. The number of hydrogen-bond acceptors (Lipinski definition) is 6. The van der Waals surface area contributed by atoms with Gasteiger partial charge in [0.05, 0.1) is 10.3 Å². The molecule has 1 saturated heterocycles. The van der Waals surface area contributed by atoms with Crippen molar-refractivity contribution in [3.63, 3.8) is 0 Å². The Kier molecular flexibility index (Phi) is 5.30. The van der Waals surface area contributed by atoms with Crippen molar-refractivity contribution < 1.29 is 35.8 Å². The molecular weight excluding hydrogens is 431 g/mol. The van der Waals surface area contributed by atoms with Gasteiger partial charge in [-0.3, -0.25) is 0 Å². The van der Waals surface area contributed by atoms with Crippen molar-refractivity contribution >= 4 is 21.8 Å². The summed E-state index contributed by atoms with van der Waals surface area (Å²) in [4.78, 5) is 0.0753. The molecule has 0 N–H and O–H groups in total. The largest absolute Gasteiger partial charge is 0.573 e. The molecule has 2 aliphatic rings. The molecule has 2 aliphatic heterocycles. The maximum Gasteiger partial charge on any atom is 0.573 e. The van der Waals surface area contributed by atoms with Crippen LogP contribution in [0.4, 0.5) is 13.2 Å². The fraction of sp³-hybridized carbons (Fsp3) is 0.333. The van der Waals surface area contributed by atoms with Crippen LogP contribution in [-0.2, 0) is 10.0 Å². The van der Waals surface area contributed by atoms with Crippen molar-refractivity contribution in [2.45, 2.75) is 16.6 Å². The van der Waals surface area contributed by atoms with Gasteiger partial charge < -0.3 is 14.2 Å². The van der Waals surface area contributed by atoms with Crippen molar-refractivity contribution in [3.8, 4) is 17.2 Å². The zero-order valence-corrected chi connectivity index (χ0v) is 16.5. The van der Waals surface area contributed by atoms with Gasteiger partial charge in [0, 0.05) is 18.4 Å². The highest BCUT2D eigenvalue weighted by molar-refractivity contribution is 8.01. The van der Waals surface area contributed by atoms with E-state index in [2.05, 4.69) is 4.74 Å². The fourth-order valence-corrected chi connectivity index (χ4v) is 6.37. The molecule has 0 spiro atoms. The molecule has 0 radical (unpaired) electrons. The minimum absolute atomic E-state index is 0.0753. The predicted octanol–water partition coefficient (Wildman–Crippen LogP) is 3.79. The van der Waals surface area contributed by atoms with Crippen molar-refractivity contribution in [1.29, 1.82) is 0 Å². The molecule has 0 bridgehead atoms. The first-order valence-electron chi connectivity index (χ1n) is 8.63. The molecule has 1 atom stereocenters. The number of fused-ring (bicyclic) bond motifs is 1. The molecule has 2 aromatic rings. The van der Waals surface area contributed by atoms with Gasteiger partial charge in [0.25, 0.3) is 0 Å². The summed E-state index contributed by atoms with van der Waals surface area (Å²) in [6, 6.07) is 9.69. The van der Waals surface area contributed by atoms with Gasteiger partial charge >= 0.3 is 6.36 Å². The monoisotopic (exact) mass is 447 g/mol. The molecule has 2 heterocycles. The SMILES string of the molecule is O=S(=O)(c1ccc2c(c1)OCCO2)N1CCSC1c1ccc(OC(F)(F)F)cc1. The van der Waals surface area contributed by atoms with E-state index >= 15 is 0 Å². The number of hydrogen-bond donors (Lipinski definition) is 0. The Labute approximate surface area is 169 Å². The maximum absolute atomic E-state index is 13.2. The average Bonchev–Trinajstić information content (AvgIpc) is 3.18. The zero-order valence-electron chi connectivity index (χ0n) is 14.9. The molecule has 0 aliphatic carbocycles. The smallest absolute Gasteiger partial charge is 0.486 e. The Hall–Kier alpha value is -2.11. The number of ether oxygens (including phenoxy) is 3. The van der Waals surface area contributed by atoms with Crippen molar-refractivity contribution in [1.82, 2.24) is 4.31 Å². The van der Waals surface area contributed by atoms with E-state index in [1.807, 2.05) is 0 Å². The van der Waals surface area contributed by atoms with Crippen LogP contribution in [0.1, 0.15) is 10.9 Å². The lowest BCUT2D eigenvalue weighted by molar-refractivity contribution is -0.274. The van der Waals surface area contributed by atoms with Crippen LogP contribution in [0.2, 0.25) is 0 Å². The topological polar surface area (TPSA) is 65.1 Å². The Morgan fingerprint density at radius 2 is 1.72 bits per heavy atom. The minimum atomic E-state index is -4.78. The van der Waals surface area contributed by atoms with E-state index in [1.54, 1.807) is 6.07 Å². The molecule has 6 nitrogen and oxygen atoms in total. The molecule has 1 unspecified atom stereocenters. The summed E-state index contributed by atoms with van der Waals surface area (Å²) in [5.41, 5.74) is 0.572. The highest BCUT2D eigenvalue weighted by atomic mass is 32.2. The van der Waals surface area contributed by atoms with E-state index < -0.39 is 21.8 Å². The summed E-state index contributed by atoms with van der Waals surface area (Å²) < 4.78 is 79.5. The molecule has 29 heavy (non-hydrogen) atoms. The summed E-state index contributed by atoms with van der Waals surface area (Å²) in [5, 5.41) is -0.548. The van der Waals surface area contributed by atoms with Crippen molar-refractivity contribution in [3.05, 3.63) is 48.0 Å². The van der Waals surface area contributed by atoms with Crippen LogP contribution in [0.3, 0.4) is 0 Å². The number of halogens is 3. The number of alkyl halides is 3. The summed E-state index contributed by atoms with van der Waals surface area (Å²) in [6.45, 7) is 1.02. The summed E-state index contributed by atoms with van der Waals surface area (Å²) in [7, 11) is -3.84. The van der Waals surface area contributed by atoms with E-state index in [9.17, 15) is 21.6 Å². The summed E-state index contributed by atoms with van der Waals surface area (Å²) >= 11 is 1.40. The average molecular weight is 447 g/mol. The van der Waals surface area contributed by atoms with E-state index in [1.165, 1.54) is 52.5 Å². The van der Waals surface area contributed by atoms with Crippen LogP contribution < -0.4 is 14.2 Å². The van der Waals surface area contributed by atoms with Gasteiger partial charge in [0.1, 0.15) is 19.0 Å². The van der Waals surface area contributed by atoms with Gasteiger partial charge in [-0.25, -0.2) is 8.42 Å². The van der Waals surface area contributed by atoms with Crippen LogP contribution >= 0.6 is 11.8 Å². The van der Waals surface area contributed by atoms with E-state index in [0.29, 0.717) is 36.0 Å². The first-order chi connectivity index (χ1) is 13.7. The van der Waals surface area contributed by atoms with Crippen LogP contribution in [-0.4, -0.2) is 44.6 Å². The first kappa shape index (κ1) is 20.2. The molecular formula is C18H16F3NO5S2. The molecule has 156 valence electrons. The predicted molar refractivity (Wildman–Crippen MR) is 99.6 cm³/mol. The normalized spacial score (nSPS) is 19.9. The lowest BCUT2D eigenvalue weighted by atomic mass is 10.2. The van der Waals surface area contributed by atoms with Gasteiger partial charge in [-0.05, 0) is 29.8 Å². The molecule has 0 amide bonds. The third-order valence-electron chi connectivity index (χ3n) is 4.37. The first-order valence-corrected chi connectivity index (χ1v) is 11.1. The second-order valence-corrected chi connectivity index (χ2v) is 9.34.